The van der Waals surface area contributed by atoms with Crippen LogP contribution in [0.15, 0.2) is 0 Å². The number of phosphoric ester groups is 1. The van der Waals surface area contributed by atoms with Crippen LogP contribution in [0.3, 0.4) is 0 Å². The maximum Gasteiger partial charge on any atom is 0.528 e. The van der Waals surface area contributed by atoms with Crippen LogP contribution in [0.5, 0.6) is 0 Å². The predicted octanol–water partition coefficient (Wildman–Crippen LogP) is -2.24. The fraction of sp³-hybridized carbons (Fsp3) is 0.333. The number of hydrogen-bond acceptors (Lipinski definition) is 6. The van der Waals surface area contributed by atoms with Crippen LogP contribution >= 0.6 is 7.82 Å². The van der Waals surface area contributed by atoms with Crippen LogP contribution in [0.1, 0.15) is 6.42 Å². The summed E-state index contributed by atoms with van der Waals surface area (Å²) >= 11 is 0. The molecule has 1 atom stereocenters. The lowest BCUT2D eigenvalue weighted by Gasteiger charge is -2.08. The van der Waals surface area contributed by atoms with Crippen LogP contribution < -0.4 is 16.8 Å². The van der Waals surface area contributed by atoms with Crippen molar-refractivity contribution < 1.29 is 48.3 Å². The number of aliphatic carboxylic acids is 2. The minimum absolute atomic E-state index is 0.696. The lowest BCUT2D eigenvalue weighted by Crippen LogP contribution is -2.44. The molecule has 0 spiro atoms. The molecule has 0 heterocycles. The first kappa shape index (κ1) is 20.0. The molecule has 3 amide bonds. The Morgan fingerprint density at radius 1 is 1.15 bits per heavy atom. The highest BCUT2D eigenvalue weighted by Crippen LogP contribution is 2.35. The van der Waals surface area contributed by atoms with Gasteiger partial charge in [0.15, 0.2) is 0 Å². The second kappa shape index (κ2) is 8.68. The molecule has 0 rings (SSSR count). The highest BCUT2D eigenvalue weighted by molar-refractivity contribution is 7.46. The Kier molecular flexibility index (Phi) is 8.67. The molecule has 9 N–H and O–H groups in total. The fourth-order valence-electron chi connectivity index (χ4n) is 0.664. The standard InChI is InChI=1S/C5H8N2O5.CH4NO5P/c6-5(12)7-2(4(10)11)1-3(8)9;2-1(3)7-8(4,5)6/h2H,1H2,(H,8,9)(H,10,11)(H3,6,7,12);(H2,2,3)(H2,4,5,6)/t2-;/m0./s1. The van der Waals surface area contributed by atoms with Gasteiger partial charge in [-0.3, -0.25) is 14.6 Å². The molecule has 0 radical (unpaired) electrons. The summed E-state index contributed by atoms with van der Waals surface area (Å²) in [6, 6.07) is -2.54. The number of nitrogens with one attached hydrogen (secondary N) is 1. The molecule has 0 aromatic rings. The predicted molar refractivity (Wildman–Crippen MR) is 59.1 cm³/mol. The van der Waals surface area contributed by atoms with Crippen molar-refractivity contribution in [1.29, 1.82) is 0 Å². The van der Waals surface area contributed by atoms with Crippen molar-refractivity contribution >= 4 is 31.9 Å². The molecule has 14 heteroatoms. The normalized spacial score (nSPS) is 11.3. The summed E-state index contributed by atoms with van der Waals surface area (Å²) in [6.45, 7) is 0. The molecule has 0 saturated heterocycles. The molecule has 20 heavy (non-hydrogen) atoms. The molecular formula is C6H12N3O10P. The zero-order valence-electron chi connectivity index (χ0n) is 9.62. The van der Waals surface area contributed by atoms with E-state index < -0.39 is 44.3 Å². The van der Waals surface area contributed by atoms with Crippen LogP contribution in [0, 0.1) is 0 Å². The van der Waals surface area contributed by atoms with Gasteiger partial charge < -0.3 is 31.5 Å². The Labute approximate surface area is 110 Å². The first-order chi connectivity index (χ1) is 8.85. The van der Waals surface area contributed by atoms with Gasteiger partial charge in [-0.25, -0.2) is 18.9 Å². The van der Waals surface area contributed by atoms with E-state index in [2.05, 4.69) is 16.0 Å². The molecule has 0 aliphatic carbocycles. The Bertz CT molecular complexity index is 415. The lowest BCUT2D eigenvalue weighted by atomic mass is 10.2. The molecule has 0 aromatic carbocycles. The third kappa shape index (κ3) is 15.6. The SMILES string of the molecule is NC(=O)N[C@@H](CC(=O)O)C(=O)O.NC(=O)OP(=O)(O)O. The smallest absolute Gasteiger partial charge is 0.481 e. The average molecular weight is 317 g/mol. The molecule has 116 valence electrons. The number of phosphoric acid groups is 1. The third-order valence-electron chi connectivity index (χ3n) is 1.20. The minimum atomic E-state index is -4.70. The van der Waals surface area contributed by atoms with Gasteiger partial charge in [0.05, 0.1) is 6.42 Å². The zero-order chi connectivity index (χ0) is 16.5. The maximum absolute atomic E-state index is 10.2. The van der Waals surface area contributed by atoms with Crippen molar-refractivity contribution in [1.82, 2.24) is 5.32 Å². The van der Waals surface area contributed by atoms with Crippen molar-refractivity contribution in [2.45, 2.75) is 12.5 Å². The largest absolute Gasteiger partial charge is 0.528 e. The first-order valence-corrected chi connectivity index (χ1v) is 5.93. The Hall–Kier alpha value is -2.37. The van der Waals surface area contributed by atoms with Crippen molar-refractivity contribution in [3.8, 4) is 0 Å². The minimum Gasteiger partial charge on any atom is -0.481 e. The number of amides is 3. The number of primary amides is 2. The summed E-state index contributed by atoms with van der Waals surface area (Å²) in [5.41, 5.74) is 8.83. The van der Waals surface area contributed by atoms with E-state index in [0.717, 1.165) is 0 Å². The summed E-state index contributed by atoms with van der Waals surface area (Å²) in [4.78, 5) is 55.5. The van der Waals surface area contributed by atoms with Crippen molar-refractivity contribution in [3.63, 3.8) is 0 Å². The van der Waals surface area contributed by atoms with Gasteiger partial charge in [0, 0.05) is 0 Å². The van der Waals surface area contributed by atoms with E-state index in [9.17, 15) is 23.7 Å². The lowest BCUT2D eigenvalue weighted by molar-refractivity contribution is -0.145. The molecule has 13 nitrogen and oxygen atoms in total. The van der Waals surface area contributed by atoms with Crippen LogP contribution in [0.4, 0.5) is 9.59 Å². The molecular weight excluding hydrogens is 305 g/mol. The number of carbonyl (C=O) groups is 4. The quantitative estimate of drug-likeness (QED) is 0.269. The van der Waals surface area contributed by atoms with Crippen LogP contribution in [0.25, 0.3) is 0 Å². The van der Waals surface area contributed by atoms with E-state index in [1.54, 1.807) is 5.32 Å². The highest BCUT2D eigenvalue weighted by Gasteiger charge is 2.21. The zero-order valence-corrected chi connectivity index (χ0v) is 10.5. The number of carboxylic acids is 2. The van der Waals surface area contributed by atoms with Crippen LogP contribution in [-0.2, 0) is 18.7 Å². The summed E-state index contributed by atoms with van der Waals surface area (Å²) in [6.07, 6.45) is -2.18. The van der Waals surface area contributed by atoms with Gasteiger partial charge in [0.1, 0.15) is 6.04 Å². The second-order valence-electron chi connectivity index (χ2n) is 2.90. The van der Waals surface area contributed by atoms with E-state index >= 15 is 0 Å². The fourth-order valence-corrected chi connectivity index (χ4v) is 0.898. The van der Waals surface area contributed by atoms with Crippen molar-refractivity contribution in [2.24, 2.45) is 11.5 Å². The highest BCUT2D eigenvalue weighted by atomic mass is 31.2. The summed E-state index contributed by atoms with van der Waals surface area (Å²) < 4.78 is 12.9. The number of carbonyl (C=O) groups excluding carboxylic acids is 2. The van der Waals surface area contributed by atoms with E-state index in [1.807, 2.05) is 0 Å². The summed E-state index contributed by atoms with van der Waals surface area (Å²) in [5.74, 6) is -2.76. The number of nitrogens with two attached hydrogens (primary N) is 2. The first-order valence-electron chi connectivity index (χ1n) is 4.40. The second-order valence-corrected chi connectivity index (χ2v) is 4.06. The van der Waals surface area contributed by atoms with E-state index in [1.165, 1.54) is 0 Å². The van der Waals surface area contributed by atoms with Gasteiger partial charge in [-0.2, -0.15) is 0 Å². The summed E-state index contributed by atoms with van der Waals surface area (Å²) in [7, 11) is -4.70. The van der Waals surface area contributed by atoms with Crippen molar-refractivity contribution in [3.05, 3.63) is 0 Å². The summed E-state index contributed by atoms with van der Waals surface area (Å²) in [5, 5.41) is 18.3. The van der Waals surface area contributed by atoms with Crippen LogP contribution in [0.2, 0.25) is 0 Å². The molecule has 0 unspecified atom stereocenters. The number of urea groups is 1. The van der Waals surface area contributed by atoms with E-state index in [-0.39, 0.29) is 0 Å². The Morgan fingerprint density at radius 2 is 1.60 bits per heavy atom. The number of carboxylic acid groups (broad SMARTS) is 2. The molecule has 0 saturated carbocycles. The van der Waals surface area contributed by atoms with E-state index in [0.29, 0.717) is 0 Å². The van der Waals surface area contributed by atoms with Gasteiger partial charge in [0.2, 0.25) is 0 Å². The van der Waals surface area contributed by atoms with E-state index in [4.69, 9.17) is 20.0 Å². The molecule has 0 aliphatic heterocycles. The Balaban J connectivity index is 0. The molecule has 0 aliphatic rings. The average Bonchev–Trinajstić information content (AvgIpc) is 2.11. The molecule has 0 fully saturated rings. The third-order valence-corrected chi connectivity index (χ3v) is 1.62. The van der Waals surface area contributed by atoms with Gasteiger partial charge in [-0.1, -0.05) is 0 Å². The molecule has 0 aromatic heterocycles. The monoisotopic (exact) mass is 317 g/mol. The van der Waals surface area contributed by atoms with Crippen LogP contribution in [-0.4, -0.2) is 50.1 Å². The Morgan fingerprint density at radius 3 is 1.75 bits per heavy atom. The van der Waals surface area contributed by atoms with Gasteiger partial charge in [-0.15, -0.1) is 0 Å². The maximum atomic E-state index is 10.2. The van der Waals surface area contributed by atoms with Gasteiger partial charge >= 0.3 is 31.9 Å². The van der Waals surface area contributed by atoms with Gasteiger partial charge in [0.25, 0.3) is 0 Å². The topological polar surface area (TPSA) is 240 Å². The molecule has 0 bridgehead atoms. The van der Waals surface area contributed by atoms with Crippen molar-refractivity contribution in [2.75, 3.05) is 0 Å². The number of rotatable bonds is 5. The number of hydrogen-bond donors (Lipinski definition) is 7. The van der Waals surface area contributed by atoms with Gasteiger partial charge in [-0.05, 0) is 0 Å².